The molecule has 0 aliphatic heterocycles. The predicted octanol–water partition coefficient (Wildman–Crippen LogP) is 5.29. The molecule has 0 bridgehead atoms. The van der Waals surface area contributed by atoms with Crippen molar-refractivity contribution in [3.63, 3.8) is 0 Å². The van der Waals surface area contributed by atoms with Crippen LogP contribution in [0.5, 0.6) is 5.75 Å². The van der Waals surface area contributed by atoms with Crippen LogP contribution in [0.25, 0.3) is 5.69 Å². The summed E-state index contributed by atoms with van der Waals surface area (Å²) >= 11 is 9.45. The van der Waals surface area contributed by atoms with Crippen LogP contribution in [-0.2, 0) is 0 Å². The summed E-state index contributed by atoms with van der Waals surface area (Å²) in [5.41, 5.74) is 7.58. The van der Waals surface area contributed by atoms with E-state index in [1.807, 2.05) is 45.0 Å². The van der Waals surface area contributed by atoms with E-state index in [2.05, 4.69) is 31.0 Å². The minimum absolute atomic E-state index is 0.106. The second kappa shape index (κ2) is 8.20. The Bertz CT molecular complexity index is 1090. The Kier molecular flexibility index (Phi) is 5.91. The van der Waals surface area contributed by atoms with Gasteiger partial charge in [0.25, 0.3) is 5.91 Å². The van der Waals surface area contributed by atoms with E-state index < -0.39 is 5.91 Å². The van der Waals surface area contributed by atoms with Gasteiger partial charge in [-0.05, 0) is 62.7 Å². The normalized spacial score (nSPS) is 11.2. The number of benzene rings is 2. The molecule has 0 aliphatic carbocycles. The molecule has 0 saturated carbocycles. The van der Waals surface area contributed by atoms with Crippen LogP contribution in [0.4, 0.5) is 0 Å². The molecule has 28 heavy (non-hydrogen) atoms. The van der Waals surface area contributed by atoms with E-state index in [9.17, 15) is 9.90 Å². The maximum atomic E-state index is 12.2. The van der Waals surface area contributed by atoms with Gasteiger partial charge in [-0.15, -0.1) is 0 Å². The van der Waals surface area contributed by atoms with Gasteiger partial charge in [0, 0.05) is 32.1 Å². The number of aryl methyl sites for hydroxylation is 2. The summed E-state index contributed by atoms with van der Waals surface area (Å²) < 4.78 is 2.80. The van der Waals surface area contributed by atoms with Crippen LogP contribution >= 0.6 is 27.5 Å². The molecule has 3 aromatic rings. The Morgan fingerprint density at radius 2 is 1.93 bits per heavy atom. The third kappa shape index (κ3) is 4.13. The smallest absolute Gasteiger partial charge is 0.275 e. The Labute approximate surface area is 176 Å². The fourth-order valence-electron chi connectivity index (χ4n) is 3.02. The van der Waals surface area contributed by atoms with Crippen molar-refractivity contribution in [1.29, 1.82) is 0 Å². The number of aromatic hydroxyl groups is 1. The Hall–Kier alpha value is -2.57. The number of amides is 1. The number of rotatable bonds is 4. The molecule has 0 spiro atoms. The average molecular weight is 461 g/mol. The molecule has 0 radical (unpaired) electrons. The molecule has 144 valence electrons. The molecule has 7 heteroatoms. The standard InChI is InChI=1S/C21H19BrClN3O2/c1-12-4-6-17(23)10-19(12)26-13(2)8-15(14(26)3)11-24-25-21(28)18-9-16(22)5-7-20(18)27/h4-11,27H,1-3H3,(H,25,28)/b24-11-. The quantitative estimate of drug-likeness (QED) is 0.410. The first-order valence-electron chi connectivity index (χ1n) is 8.55. The second-order valence-electron chi connectivity index (χ2n) is 6.45. The number of nitrogens with zero attached hydrogens (tertiary/aromatic N) is 2. The SMILES string of the molecule is Cc1ccc(Cl)cc1-n1c(C)cc(/C=N\NC(=O)c2cc(Br)ccc2O)c1C. The minimum Gasteiger partial charge on any atom is -0.507 e. The first-order valence-corrected chi connectivity index (χ1v) is 9.72. The van der Waals surface area contributed by atoms with Gasteiger partial charge in [-0.2, -0.15) is 5.10 Å². The molecule has 0 atom stereocenters. The molecule has 0 unspecified atom stereocenters. The van der Waals surface area contributed by atoms with Gasteiger partial charge < -0.3 is 9.67 Å². The molecule has 5 nitrogen and oxygen atoms in total. The summed E-state index contributed by atoms with van der Waals surface area (Å²) in [7, 11) is 0. The van der Waals surface area contributed by atoms with E-state index in [1.165, 1.54) is 12.1 Å². The lowest BCUT2D eigenvalue weighted by atomic mass is 10.2. The van der Waals surface area contributed by atoms with Gasteiger partial charge in [-0.1, -0.05) is 33.6 Å². The molecular formula is C21H19BrClN3O2. The maximum absolute atomic E-state index is 12.2. The zero-order chi connectivity index (χ0) is 20.4. The number of phenolic OH excluding ortho intramolecular Hbond substituents is 1. The first-order chi connectivity index (χ1) is 13.3. The number of nitrogens with one attached hydrogen (secondary N) is 1. The predicted molar refractivity (Wildman–Crippen MR) is 116 cm³/mol. The number of phenols is 1. The van der Waals surface area contributed by atoms with Crippen LogP contribution in [0.15, 0.2) is 52.0 Å². The number of aromatic nitrogens is 1. The summed E-state index contributed by atoms with van der Waals surface area (Å²) in [6.07, 6.45) is 1.59. The van der Waals surface area contributed by atoms with E-state index >= 15 is 0 Å². The molecule has 0 fully saturated rings. The van der Waals surface area contributed by atoms with E-state index in [-0.39, 0.29) is 11.3 Å². The molecule has 1 amide bonds. The van der Waals surface area contributed by atoms with Crippen molar-refractivity contribution < 1.29 is 9.90 Å². The monoisotopic (exact) mass is 459 g/mol. The van der Waals surface area contributed by atoms with Crippen molar-refractivity contribution in [3.05, 3.63) is 80.0 Å². The number of hydrazone groups is 1. The van der Waals surface area contributed by atoms with Crippen molar-refractivity contribution in [2.24, 2.45) is 5.10 Å². The van der Waals surface area contributed by atoms with Crippen molar-refractivity contribution >= 4 is 39.7 Å². The lowest BCUT2D eigenvalue weighted by Crippen LogP contribution is -2.17. The highest BCUT2D eigenvalue weighted by atomic mass is 79.9. The Balaban J connectivity index is 1.85. The topological polar surface area (TPSA) is 66.6 Å². The lowest BCUT2D eigenvalue weighted by Gasteiger charge is -2.13. The van der Waals surface area contributed by atoms with Crippen LogP contribution in [0, 0.1) is 20.8 Å². The van der Waals surface area contributed by atoms with Gasteiger partial charge in [0.1, 0.15) is 5.75 Å². The van der Waals surface area contributed by atoms with Crippen LogP contribution < -0.4 is 5.43 Å². The van der Waals surface area contributed by atoms with Crippen LogP contribution in [0.1, 0.15) is 32.9 Å². The second-order valence-corrected chi connectivity index (χ2v) is 7.81. The van der Waals surface area contributed by atoms with Crippen LogP contribution in [0.2, 0.25) is 5.02 Å². The fraction of sp³-hybridized carbons (Fsp3) is 0.143. The number of halogens is 2. The highest BCUT2D eigenvalue weighted by molar-refractivity contribution is 9.10. The molecule has 1 heterocycles. The van der Waals surface area contributed by atoms with E-state index in [1.54, 1.807) is 12.3 Å². The average Bonchev–Trinajstić information content (AvgIpc) is 2.92. The molecule has 3 rings (SSSR count). The first kappa shape index (κ1) is 20.2. The van der Waals surface area contributed by atoms with Gasteiger partial charge in [-0.3, -0.25) is 4.79 Å². The van der Waals surface area contributed by atoms with Crippen molar-refractivity contribution in [1.82, 2.24) is 9.99 Å². The molecule has 0 saturated heterocycles. The van der Waals surface area contributed by atoms with E-state index in [4.69, 9.17) is 11.6 Å². The van der Waals surface area contributed by atoms with Crippen LogP contribution in [-0.4, -0.2) is 21.8 Å². The maximum Gasteiger partial charge on any atom is 0.275 e. The Morgan fingerprint density at radius 1 is 1.18 bits per heavy atom. The number of carbonyl (C=O) groups excluding carboxylic acids is 1. The van der Waals surface area contributed by atoms with Gasteiger partial charge in [0.2, 0.25) is 0 Å². The molecule has 2 N–H and O–H groups in total. The molecule has 1 aromatic heterocycles. The number of carbonyl (C=O) groups is 1. The number of hydrogen-bond acceptors (Lipinski definition) is 3. The summed E-state index contributed by atoms with van der Waals surface area (Å²) in [4.78, 5) is 12.2. The van der Waals surface area contributed by atoms with Crippen molar-refractivity contribution in [3.8, 4) is 11.4 Å². The highest BCUT2D eigenvalue weighted by Crippen LogP contribution is 2.25. The fourth-order valence-corrected chi connectivity index (χ4v) is 3.55. The zero-order valence-corrected chi connectivity index (χ0v) is 18.0. The largest absolute Gasteiger partial charge is 0.507 e. The third-order valence-electron chi connectivity index (χ3n) is 4.46. The van der Waals surface area contributed by atoms with Gasteiger partial charge in [0.15, 0.2) is 0 Å². The Morgan fingerprint density at radius 3 is 2.68 bits per heavy atom. The van der Waals surface area contributed by atoms with Crippen LogP contribution in [0.3, 0.4) is 0 Å². The molecular weight excluding hydrogens is 442 g/mol. The summed E-state index contributed by atoms with van der Waals surface area (Å²) in [6.45, 7) is 6.02. The van der Waals surface area contributed by atoms with Crippen molar-refractivity contribution in [2.75, 3.05) is 0 Å². The third-order valence-corrected chi connectivity index (χ3v) is 5.18. The summed E-state index contributed by atoms with van der Waals surface area (Å²) in [5, 5.41) is 14.6. The minimum atomic E-state index is -0.491. The highest BCUT2D eigenvalue weighted by Gasteiger charge is 2.13. The van der Waals surface area contributed by atoms with E-state index in [0.29, 0.717) is 9.50 Å². The molecule has 2 aromatic carbocycles. The molecule has 0 aliphatic rings. The van der Waals surface area contributed by atoms with E-state index in [0.717, 1.165) is 28.2 Å². The zero-order valence-electron chi connectivity index (χ0n) is 15.6. The van der Waals surface area contributed by atoms with Gasteiger partial charge in [-0.25, -0.2) is 5.43 Å². The number of hydrogen-bond donors (Lipinski definition) is 2. The summed E-state index contributed by atoms with van der Waals surface area (Å²) in [6, 6.07) is 12.4. The van der Waals surface area contributed by atoms with Gasteiger partial charge >= 0.3 is 0 Å². The van der Waals surface area contributed by atoms with Crippen molar-refractivity contribution in [2.45, 2.75) is 20.8 Å². The lowest BCUT2D eigenvalue weighted by molar-refractivity contribution is 0.0952. The van der Waals surface area contributed by atoms with Gasteiger partial charge in [0.05, 0.1) is 11.8 Å². The summed E-state index contributed by atoms with van der Waals surface area (Å²) in [5.74, 6) is -0.597.